The predicted molar refractivity (Wildman–Crippen MR) is 101 cm³/mol. The van der Waals surface area contributed by atoms with Crippen LogP contribution in [0.3, 0.4) is 0 Å². The first kappa shape index (κ1) is 22.1. The van der Waals surface area contributed by atoms with Gasteiger partial charge in [-0.2, -0.15) is 4.39 Å². The average molecular weight is 416 g/mol. The van der Waals surface area contributed by atoms with Gasteiger partial charge in [-0.05, 0) is 50.2 Å². The van der Waals surface area contributed by atoms with Crippen LogP contribution in [0.15, 0.2) is 24.8 Å². The fourth-order valence-corrected chi connectivity index (χ4v) is 3.94. The highest BCUT2D eigenvalue weighted by molar-refractivity contribution is 5.33. The van der Waals surface area contributed by atoms with Crippen LogP contribution in [0.5, 0.6) is 5.75 Å². The van der Waals surface area contributed by atoms with Crippen molar-refractivity contribution < 1.29 is 31.8 Å². The van der Waals surface area contributed by atoms with Crippen LogP contribution in [-0.2, 0) is 9.47 Å². The van der Waals surface area contributed by atoms with E-state index in [1.165, 1.54) is 12.1 Å². The Balaban J connectivity index is 1.58. The summed E-state index contributed by atoms with van der Waals surface area (Å²) in [5.41, 5.74) is 0.178. The molecule has 1 aromatic rings. The van der Waals surface area contributed by atoms with Crippen LogP contribution in [0.2, 0.25) is 0 Å². The van der Waals surface area contributed by atoms with Crippen LogP contribution in [0.4, 0.5) is 17.6 Å². The number of hydrogen-bond donors (Lipinski definition) is 0. The Kier molecular flexibility index (Phi) is 7.22. The quantitative estimate of drug-likeness (QED) is 0.426. The lowest BCUT2D eigenvalue weighted by atomic mass is 9.91. The van der Waals surface area contributed by atoms with Gasteiger partial charge in [0.25, 0.3) is 5.92 Å². The standard InChI is InChI=1S/C22H28F4O3/c1-3-17-7-6-16(12-28-17)18-8-9-19(21(24)20(18)23)29-13-22(25,26)10-15-5-4-14(2)27-11-15/h3,8-9,14-17H,1,4-7,10-13H2,2H3. The van der Waals surface area contributed by atoms with Gasteiger partial charge in [-0.1, -0.05) is 12.1 Å². The number of alkyl halides is 2. The minimum atomic E-state index is -3.15. The van der Waals surface area contributed by atoms with E-state index in [9.17, 15) is 17.6 Å². The number of rotatable bonds is 7. The van der Waals surface area contributed by atoms with Crippen LogP contribution < -0.4 is 4.74 Å². The van der Waals surface area contributed by atoms with Crippen molar-refractivity contribution in [3.8, 4) is 5.75 Å². The SMILES string of the molecule is C=CC1CCC(c2ccc(OCC(F)(F)CC3CCC(C)OC3)c(F)c2F)CO1. The highest BCUT2D eigenvalue weighted by atomic mass is 19.3. The molecule has 4 atom stereocenters. The molecule has 7 heteroatoms. The van der Waals surface area contributed by atoms with Gasteiger partial charge in [-0.25, -0.2) is 13.2 Å². The Morgan fingerprint density at radius 1 is 1.10 bits per heavy atom. The van der Waals surface area contributed by atoms with Crippen LogP contribution >= 0.6 is 0 Å². The molecule has 0 aliphatic carbocycles. The molecule has 2 aliphatic heterocycles. The van der Waals surface area contributed by atoms with E-state index < -0.39 is 36.3 Å². The fourth-order valence-electron chi connectivity index (χ4n) is 3.94. The molecule has 0 N–H and O–H groups in total. The molecule has 0 radical (unpaired) electrons. The first-order valence-electron chi connectivity index (χ1n) is 10.1. The van der Waals surface area contributed by atoms with Gasteiger partial charge >= 0.3 is 0 Å². The summed E-state index contributed by atoms with van der Waals surface area (Å²) >= 11 is 0. The van der Waals surface area contributed by atoms with E-state index in [0.29, 0.717) is 19.3 Å². The molecule has 0 spiro atoms. The summed E-state index contributed by atoms with van der Waals surface area (Å²) < 4.78 is 73.4. The van der Waals surface area contributed by atoms with E-state index in [1.54, 1.807) is 6.08 Å². The summed E-state index contributed by atoms with van der Waals surface area (Å²) in [7, 11) is 0. The number of hydrogen-bond acceptors (Lipinski definition) is 3. The lowest BCUT2D eigenvalue weighted by Gasteiger charge is -2.29. The van der Waals surface area contributed by atoms with E-state index in [0.717, 1.165) is 6.42 Å². The van der Waals surface area contributed by atoms with Crippen molar-refractivity contribution in [1.29, 1.82) is 0 Å². The Bertz CT molecular complexity index is 694. The summed E-state index contributed by atoms with van der Waals surface area (Å²) in [5.74, 6) is -6.50. The zero-order valence-corrected chi connectivity index (χ0v) is 16.6. The third-order valence-corrected chi connectivity index (χ3v) is 5.71. The molecule has 2 heterocycles. The molecule has 29 heavy (non-hydrogen) atoms. The Morgan fingerprint density at radius 2 is 1.90 bits per heavy atom. The maximum Gasteiger partial charge on any atom is 0.281 e. The molecule has 1 aromatic carbocycles. The topological polar surface area (TPSA) is 27.7 Å². The maximum absolute atomic E-state index is 14.5. The molecule has 2 fully saturated rings. The molecule has 4 unspecified atom stereocenters. The number of ether oxygens (including phenoxy) is 3. The highest BCUT2D eigenvalue weighted by Crippen LogP contribution is 2.35. The minimum absolute atomic E-state index is 0.0817. The third kappa shape index (κ3) is 5.72. The Morgan fingerprint density at radius 3 is 2.52 bits per heavy atom. The zero-order valence-electron chi connectivity index (χ0n) is 16.6. The van der Waals surface area contributed by atoms with Crippen molar-refractivity contribution in [1.82, 2.24) is 0 Å². The molecule has 2 saturated heterocycles. The van der Waals surface area contributed by atoms with E-state index in [2.05, 4.69) is 6.58 Å². The van der Waals surface area contributed by atoms with Gasteiger partial charge in [-0.15, -0.1) is 6.58 Å². The largest absolute Gasteiger partial charge is 0.484 e. The van der Waals surface area contributed by atoms with Gasteiger partial charge in [0.2, 0.25) is 5.82 Å². The summed E-state index contributed by atoms with van der Waals surface area (Å²) in [6.07, 6.45) is 3.99. The normalized spacial score (nSPS) is 28.2. The van der Waals surface area contributed by atoms with Gasteiger partial charge in [0, 0.05) is 18.9 Å². The van der Waals surface area contributed by atoms with E-state index >= 15 is 0 Å². The first-order chi connectivity index (χ1) is 13.8. The maximum atomic E-state index is 14.5. The van der Waals surface area contributed by atoms with Gasteiger partial charge in [0.1, 0.15) is 0 Å². The number of halogens is 4. The molecule has 0 amide bonds. The smallest absolute Gasteiger partial charge is 0.281 e. The monoisotopic (exact) mass is 416 g/mol. The molecule has 0 saturated carbocycles. The molecule has 3 rings (SSSR count). The second kappa shape index (κ2) is 9.47. The van der Waals surface area contributed by atoms with Gasteiger partial charge < -0.3 is 14.2 Å². The summed E-state index contributed by atoms with van der Waals surface area (Å²) in [5, 5.41) is 0. The van der Waals surface area contributed by atoms with Crippen molar-refractivity contribution in [3.05, 3.63) is 42.0 Å². The van der Waals surface area contributed by atoms with Crippen molar-refractivity contribution >= 4 is 0 Å². The number of benzene rings is 1. The zero-order chi connectivity index (χ0) is 21.0. The molecule has 0 bridgehead atoms. The average Bonchev–Trinajstić information content (AvgIpc) is 2.71. The summed E-state index contributed by atoms with van der Waals surface area (Å²) in [6.45, 7) is 5.12. The first-order valence-corrected chi connectivity index (χ1v) is 10.1. The van der Waals surface area contributed by atoms with Crippen molar-refractivity contribution in [2.75, 3.05) is 19.8 Å². The summed E-state index contributed by atoms with van der Waals surface area (Å²) in [6, 6.07) is 2.61. The molecular formula is C22H28F4O3. The lowest BCUT2D eigenvalue weighted by molar-refractivity contribution is -0.0872. The summed E-state index contributed by atoms with van der Waals surface area (Å²) in [4.78, 5) is 0. The Hall–Kier alpha value is -1.60. The molecule has 0 aromatic heterocycles. The molecule has 2 aliphatic rings. The van der Waals surface area contributed by atoms with Crippen molar-refractivity contribution in [3.63, 3.8) is 0 Å². The Labute approximate surface area is 169 Å². The third-order valence-electron chi connectivity index (χ3n) is 5.71. The van der Waals surface area contributed by atoms with E-state index in [-0.39, 0.29) is 42.8 Å². The molecular weight excluding hydrogens is 388 g/mol. The fraction of sp³-hybridized carbons (Fsp3) is 0.636. The predicted octanol–water partition coefficient (Wildman–Crippen LogP) is 5.63. The van der Waals surface area contributed by atoms with E-state index in [1.807, 2.05) is 6.92 Å². The second-order valence-electron chi connectivity index (χ2n) is 8.10. The van der Waals surface area contributed by atoms with Crippen LogP contribution in [0.25, 0.3) is 0 Å². The lowest BCUT2D eigenvalue weighted by Crippen LogP contribution is -2.33. The van der Waals surface area contributed by atoms with E-state index in [4.69, 9.17) is 14.2 Å². The van der Waals surface area contributed by atoms with Crippen LogP contribution in [0, 0.1) is 17.6 Å². The van der Waals surface area contributed by atoms with Crippen molar-refractivity contribution in [2.45, 2.75) is 63.1 Å². The molecule has 3 nitrogen and oxygen atoms in total. The van der Waals surface area contributed by atoms with Gasteiger partial charge in [-0.3, -0.25) is 0 Å². The minimum Gasteiger partial charge on any atom is -0.484 e. The van der Waals surface area contributed by atoms with Crippen LogP contribution in [0.1, 0.15) is 50.5 Å². The second-order valence-corrected chi connectivity index (χ2v) is 8.10. The van der Waals surface area contributed by atoms with Crippen LogP contribution in [-0.4, -0.2) is 38.0 Å². The highest BCUT2D eigenvalue weighted by Gasteiger charge is 2.36. The van der Waals surface area contributed by atoms with Gasteiger partial charge in [0.15, 0.2) is 18.2 Å². The molecule has 162 valence electrons. The van der Waals surface area contributed by atoms with Gasteiger partial charge in [0.05, 0.1) is 18.8 Å². The van der Waals surface area contributed by atoms with Crippen molar-refractivity contribution in [2.24, 2.45) is 5.92 Å².